The van der Waals surface area contributed by atoms with Crippen molar-refractivity contribution in [1.29, 1.82) is 0 Å². The van der Waals surface area contributed by atoms with Gasteiger partial charge in [0.05, 0.1) is 4.92 Å². The van der Waals surface area contributed by atoms with Crippen LogP contribution in [-0.2, 0) is 35.3 Å². The number of hydrogen-bond donors (Lipinski definition) is 2. The van der Waals surface area contributed by atoms with Crippen LogP contribution in [0.15, 0.2) is 60.7 Å². The lowest BCUT2D eigenvalue weighted by molar-refractivity contribution is -0.384. The molecule has 2 aromatic rings. The molecule has 3 rings (SSSR count). The zero-order valence-electron chi connectivity index (χ0n) is 26.2. The van der Waals surface area contributed by atoms with Crippen molar-refractivity contribution in [2.24, 2.45) is 11.7 Å². The molecule has 47 heavy (non-hydrogen) atoms. The second kappa shape index (κ2) is 16.6. The summed E-state index contributed by atoms with van der Waals surface area (Å²) >= 11 is 0. The summed E-state index contributed by atoms with van der Waals surface area (Å²) in [5.41, 5.74) is 6.25. The van der Waals surface area contributed by atoms with Crippen LogP contribution in [-0.4, -0.2) is 64.1 Å². The van der Waals surface area contributed by atoms with Gasteiger partial charge in [-0.2, -0.15) is 0 Å². The van der Waals surface area contributed by atoms with Gasteiger partial charge >= 0.3 is 6.16 Å². The van der Waals surface area contributed by atoms with Crippen LogP contribution in [0.25, 0.3) is 0 Å². The summed E-state index contributed by atoms with van der Waals surface area (Å²) in [6.45, 7) is 5.04. The van der Waals surface area contributed by atoms with Crippen LogP contribution in [0.2, 0.25) is 0 Å². The normalized spacial score (nSPS) is 13.7. The van der Waals surface area contributed by atoms with Crippen molar-refractivity contribution in [3.63, 3.8) is 0 Å². The molecule has 15 heteroatoms. The Morgan fingerprint density at radius 1 is 0.936 bits per heavy atom. The number of benzene rings is 2. The standard InChI is InChI=1S/C32H37N5O10/c1-20(2)29(34-26(38)7-5-4-6-18-35-27(39)16-17-28(35)40)31(42)36(21(3)30(33)41)23-10-8-22(9-11-23)19-46-32(43)47-25-14-12-24(13-15-25)37(44)45/h8-17,20-21,29H,4-7,18-19H2,1-3H3,(H2,33,41)(H,34,38)/t21-,29-/m0/s1. The molecule has 0 saturated heterocycles. The molecule has 0 aliphatic carbocycles. The Labute approximate surface area is 270 Å². The summed E-state index contributed by atoms with van der Waals surface area (Å²) in [5.74, 6) is -2.68. The van der Waals surface area contributed by atoms with Crippen LogP contribution < -0.4 is 20.7 Å². The minimum absolute atomic E-state index is 0.0583. The van der Waals surface area contributed by atoms with Gasteiger partial charge in [0, 0.05) is 42.9 Å². The largest absolute Gasteiger partial charge is 0.514 e. The second-order valence-electron chi connectivity index (χ2n) is 11.1. The van der Waals surface area contributed by atoms with Crippen LogP contribution in [0.1, 0.15) is 52.0 Å². The third kappa shape index (κ3) is 10.2. The summed E-state index contributed by atoms with van der Waals surface area (Å²) in [6, 6.07) is 9.08. The number of non-ortho nitro benzene ring substituents is 1. The maximum absolute atomic E-state index is 13.8. The first kappa shape index (κ1) is 35.9. The van der Waals surface area contributed by atoms with Crippen LogP contribution in [0.3, 0.4) is 0 Å². The zero-order valence-corrected chi connectivity index (χ0v) is 26.2. The number of nitro benzene ring substituents is 1. The van der Waals surface area contributed by atoms with E-state index in [0.717, 1.165) is 4.90 Å². The third-order valence-corrected chi connectivity index (χ3v) is 7.29. The van der Waals surface area contributed by atoms with Crippen molar-refractivity contribution in [2.45, 2.75) is 65.1 Å². The molecule has 0 spiro atoms. The number of carbonyl (C=O) groups is 6. The fourth-order valence-corrected chi connectivity index (χ4v) is 4.62. The van der Waals surface area contributed by atoms with Crippen molar-refractivity contribution in [3.8, 4) is 5.75 Å². The van der Waals surface area contributed by atoms with E-state index >= 15 is 0 Å². The molecule has 1 aliphatic heterocycles. The molecular weight excluding hydrogens is 614 g/mol. The van der Waals surface area contributed by atoms with E-state index in [1.165, 1.54) is 48.2 Å². The van der Waals surface area contributed by atoms with E-state index < -0.39 is 35.0 Å². The Bertz CT molecular complexity index is 1500. The van der Waals surface area contributed by atoms with Gasteiger partial charge in [-0.05, 0) is 55.5 Å². The Kier molecular flexibility index (Phi) is 12.7. The van der Waals surface area contributed by atoms with Crippen molar-refractivity contribution in [1.82, 2.24) is 10.2 Å². The number of nitrogens with zero attached hydrogens (tertiary/aromatic N) is 3. The molecule has 250 valence electrons. The highest BCUT2D eigenvalue weighted by atomic mass is 16.7. The SMILES string of the molecule is CC(C)[C@H](NC(=O)CCCCCN1C(=O)C=CC1=O)C(=O)N(c1ccc(COC(=O)Oc2ccc([N+](=O)[O-])cc2)cc1)[C@@H](C)C(N)=O. The van der Waals surface area contributed by atoms with Crippen molar-refractivity contribution in [2.75, 3.05) is 11.4 Å². The molecule has 0 fully saturated rings. The number of primary amides is 1. The van der Waals surface area contributed by atoms with Crippen LogP contribution >= 0.6 is 0 Å². The number of nitrogens with one attached hydrogen (secondary N) is 1. The predicted molar refractivity (Wildman–Crippen MR) is 168 cm³/mol. The van der Waals surface area contributed by atoms with Gasteiger partial charge in [0.2, 0.25) is 11.8 Å². The molecule has 0 aromatic heterocycles. The lowest BCUT2D eigenvalue weighted by Gasteiger charge is -2.33. The number of rotatable bonds is 16. The fraction of sp³-hybridized carbons (Fsp3) is 0.375. The molecule has 0 bridgehead atoms. The summed E-state index contributed by atoms with van der Waals surface area (Å²) in [5, 5.41) is 13.5. The molecule has 5 amide bonds. The smallest absolute Gasteiger partial charge is 0.429 e. The first-order chi connectivity index (χ1) is 22.3. The van der Waals surface area contributed by atoms with Crippen LogP contribution in [0.4, 0.5) is 16.2 Å². The number of hydrogen-bond acceptors (Lipinski definition) is 10. The van der Waals surface area contributed by atoms with Crippen molar-refractivity contribution in [3.05, 3.63) is 76.4 Å². The molecular formula is C32H37N5O10. The van der Waals surface area contributed by atoms with Gasteiger partial charge in [-0.25, -0.2) is 4.79 Å². The minimum atomic E-state index is -1.06. The van der Waals surface area contributed by atoms with Gasteiger partial charge in [-0.3, -0.25) is 43.9 Å². The summed E-state index contributed by atoms with van der Waals surface area (Å²) in [7, 11) is 0. The third-order valence-electron chi connectivity index (χ3n) is 7.29. The maximum atomic E-state index is 13.8. The topological polar surface area (TPSA) is 209 Å². The predicted octanol–water partition coefficient (Wildman–Crippen LogP) is 3.14. The van der Waals surface area contributed by atoms with Crippen molar-refractivity contribution < 1.29 is 43.2 Å². The highest BCUT2D eigenvalue weighted by Crippen LogP contribution is 2.23. The van der Waals surface area contributed by atoms with E-state index in [0.29, 0.717) is 30.5 Å². The van der Waals surface area contributed by atoms with Gasteiger partial charge in [0.1, 0.15) is 24.4 Å². The molecule has 2 atom stereocenters. The molecule has 0 radical (unpaired) electrons. The van der Waals surface area contributed by atoms with E-state index in [2.05, 4.69) is 5.32 Å². The number of unbranched alkanes of at least 4 members (excludes halogenated alkanes) is 2. The number of nitrogens with two attached hydrogens (primary N) is 1. The molecule has 0 saturated carbocycles. The number of anilines is 1. The lowest BCUT2D eigenvalue weighted by atomic mass is 10.0. The monoisotopic (exact) mass is 651 g/mol. The van der Waals surface area contributed by atoms with E-state index in [1.54, 1.807) is 38.1 Å². The maximum Gasteiger partial charge on any atom is 0.514 e. The Morgan fingerprint density at radius 3 is 2.11 bits per heavy atom. The number of imide groups is 1. The number of carbonyl (C=O) groups excluding carboxylic acids is 6. The van der Waals surface area contributed by atoms with Gasteiger partial charge in [0.25, 0.3) is 23.4 Å². The summed E-state index contributed by atoms with van der Waals surface area (Å²) < 4.78 is 10.1. The second-order valence-corrected chi connectivity index (χ2v) is 11.1. The Hall–Kier alpha value is -5.60. The molecule has 1 heterocycles. The summed E-state index contributed by atoms with van der Waals surface area (Å²) in [6.07, 6.45) is 3.11. The molecule has 0 unspecified atom stereocenters. The van der Waals surface area contributed by atoms with Gasteiger partial charge in [0.15, 0.2) is 0 Å². The number of nitro groups is 1. The number of amides is 5. The van der Waals surface area contributed by atoms with E-state index in [4.69, 9.17) is 15.2 Å². The average Bonchev–Trinajstić information content (AvgIpc) is 3.35. The molecule has 3 N–H and O–H groups in total. The Morgan fingerprint density at radius 2 is 1.55 bits per heavy atom. The lowest BCUT2D eigenvalue weighted by Crippen LogP contribution is -2.56. The average molecular weight is 652 g/mol. The van der Waals surface area contributed by atoms with E-state index in [-0.39, 0.29) is 54.6 Å². The van der Waals surface area contributed by atoms with E-state index in [9.17, 15) is 38.9 Å². The highest BCUT2D eigenvalue weighted by Gasteiger charge is 2.34. The van der Waals surface area contributed by atoms with Gasteiger partial charge in [-0.1, -0.05) is 32.4 Å². The van der Waals surface area contributed by atoms with E-state index in [1.807, 2.05) is 0 Å². The quantitative estimate of drug-likeness (QED) is 0.0676. The molecule has 1 aliphatic rings. The molecule has 2 aromatic carbocycles. The first-order valence-electron chi connectivity index (χ1n) is 14.9. The summed E-state index contributed by atoms with van der Waals surface area (Å²) in [4.78, 5) is 86.7. The van der Waals surface area contributed by atoms with Crippen LogP contribution in [0, 0.1) is 16.0 Å². The highest BCUT2D eigenvalue weighted by molar-refractivity contribution is 6.12. The van der Waals surface area contributed by atoms with Crippen LogP contribution in [0.5, 0.6) is 5.75 Å². The number of ether oxygens (including phenoxy) is 2. The fourth-order valence-electron chi connectivity index (χ4n) is 4.62. The van der Waals surface area contributed by atoms with Gasteiger partial charge < -0.3 is 20.5 Å². The minimum Gasteiger partial charge on any atom is -0.429 e. The zero-order chi connectivity index (χ0) is 34.7. The Balaban J connectivity index is 1.58. The molecule has 15 nitrogen and oxygen atoms in total. The van der Waals surface area contributed by atoms with Crippen molar-refractivity contribution >= 4 is 47.1 Å². The van der Waals surface area contributed by atoms with Gasteiger partial charge in [-0.15, -0.1) is 0 Å². The first-order valence-corrected chi connectivity index (χ1v) is 14.9.